The van der Waals surface area contributed by atoms with Crippen LogP contribution in [-0.2, 0) is 16.3 Å². The summed E-state index contributed by atoms with van der Waals surface area (Å²) < 4.78 is 24.8. The van der Waals surface area contributed by atoms with Gasteiger partial charge >= 0.3 is 0 Å². The molecule has 1 aliphatic rings. The van der Waals surface area contributed by atoms with Crippen molar-refractivity contribution in [3.05, 3.63) is 66.2 Å². The SMILES string of the molecule is O=S(=O)(C[C@H]1C[C@@H](Cc2ccccc2)CN1)c1ccccc1. The quantitative estimate of drug-likeness (QED) is 0.923. The van der Waals surface area contributed by atoms with Gasteiger partial charge in [-0.25, -0.2) is 8.42 Å². The lowest BCUT2D eigenvalue weighted by Crippen LogP contribution is -2.29. The summed E-state index contributed by atoms with van der Waals surface area (Å²) in [7, 11) is -3.20. The van der Waals surface area contributed by atoms with E-state index in [-0.39, 0.29) is 11.8 Å². The molecule has 0 saturated carbocycles. The fourth-order valence-electron chi connectivity index (χ4n) is 3.12. The summed E-state index contributed by atoms with van der Waals surface area (Å²) in [6.07, 6.45) is 1.93. The lowest BCUT2D eigenvalue weighted by atomic mass is 9.97. The van der Waals surface area contributed by atoms with Gasteiger partial charge < -0.3 is 5.32 Å². The van der Waals surface area contributed by atoms with Crippen LogP contribution >= 0.6 is 0 Å². The van der Waals surface area contributed by atoms with Crippen molar-refractivity contribution in [2.24, 2.45) is 5.92 Å². The average molecular weight is 315 g/mol. The Kier molecular flexibility index (Phi) is 4.60. The minimum absolute atomic E-state index is 0.0546. The van der Waals surface area contributed by atoms with E-state index in [1.807, 2.05) is 12.1 Å². The van der Waals surface area contributed by atoms with Gasteiger partial charge in [0.1, 0.15) is 0 Å². The molecule has 0 bridgehead atoms. The second-order valence-electron chi connectivity index (χ2n) is 5.99. The number of hydrogen-bond acceptors (Lipinski definition) is 3. The lowest BCUT2D eigenvalue weighted by Gasteiger charge is -2.12. The van der Waals surface area contributed by atoms with E-state index in [9.17, 15) is 8.42 Å². The van der Waals surface area contributed by atoms with Crippen molar-refractivity contribution >= 4 is 9.84 Å². The Balaban J connectivity index is 1.59. The molecule has 2 aromatic carbocycles. The van der Waals surface area contributed by atoms with E-state index in [2.05, 4.69) is 29.6 Å². The van der Waals surface area contributed by atoms with Gasteiger partial charge in [0.2, 0.25) is 0 Å². The zero-order valence-corrected chi connectivity index (χ0v) is 13.3. The molecule has 116 valence electrons. The molecular weight excluding hydrogens is 294 g/mol. The van der Waals surface area contributed by atoms with Gasteiger partial charge in [0.05, 0.1) is 10.6 Å². The maximum Gasteiger partial charge on any atom is 0.179 e. The molecule has 1 aliphatic heterocycles. The number of hydrogen-bond donors (Lipinski definition) is 1. The lowest BCUT2D eigenvalue weighted by molar-refractivity contribution is 0.554. The summed E-state index contributed by atoms with van der Waals surface area (Å²) in [5.41, 5.74) is 1.32. The third-order valence-electron chi connectivity index (χ3n) is 4.20. The van der Waals surface area contributed by atoms with Crippen LogP contribution in [0.5, 0.6) is 0 Å². The molecule has 0 aromatic heterocycles. The number of rotatable bonds is 5. The Bertz CT molecular complexity index is 698. The summed E-state index contributed by atoms with van der Waals surface area (Å²) in [4.78, 5) is 0.420. The van der Waals surface area contributed by atoms with Crippen molar-refractivity contribution in [1.82, 2.24) is 5.32 Å². The zero-order chi connectivity index (χ0) is 15.4. The van der Waals surface area contributed by atoms with Crippen molar-refractivity contribution in [3.8, 4) is 0 Å². The van der Waals surface area contributed by atoms with E-state index in [1.54, 1.807) is 24.3 Å². The van der Waals surface area contributed by atoms with Crippen molar-refractivity contribution in [3.63, 3.8) is 0 Å². The second-order valence-corrected chi connectivity index (χ2v) is 8.03. The highest BCUT2D eigenvalue weighted by Gasteiger charge is 2.28. The van der Waals surface area contributed by atoms with E-state index < -0.39 is 9.84 Å². The molecule has 0 radical (unpaired) electrons. The third-order valence-corrected chi connectivity index (χ3v) is 6.03. The van der Waals surface area contributed by atoms with E-state index in [1.165, 1.54) is 5.56 Å². The Labute approximate surface area is 132 Å². The third kappa shape index (κ3) is 3.76. The van der Waals surface area contributed by atoms with Crippen LogP contribution in [0.4, 0.5) is 0 Å². The monoisotopic (exact) mass is 315 g/mol. The summed E-state index contributed by atoms with van der Waals surface area (Å²) in [6.45, 7) is 0.893. The molecule has 1 heterocycles. The van der Waals surface area contributed by atoms with Crippen LogP contribution in [0.25, 0.3) is 0 Å². The maximum absolute atomic E-state index is 12.4. The molecular formula is C18H21NO2S. The van der Waals surface area contributed by atoms with Crippen LogP contribution < -0.4 is 5.32 Å². The maximum atomic E-state index is 12.4. The van der Waals surface area contributed by atoms with Gasteiger partial charge in [0.25, 0.3) is 0 Å². The van der Waals surface area contributed by atoms with E-state index in [0.717, 1.165) is 19.4 Å². The van der Waals surface area contributed by atoms with Crippen LogP contribution in [0.3, 0.4) is 0 Å². The summed E-state index contributed by atoms with van der Waals surface area (Å²) in [5, 5.41) is 3.37. The molecule has 4 heteroatoms. The van der Waals surface area contributed by atoms with Crippen molar-refractivity contribution in [1.29, 1.82) is 0 Å². The molecule has 1 fully saturated rings. The van der Waals surface area contributed by atoms with Crippen LogP contribution in [-0.4, -0.2) is 26.8 Å². The largest absolute Gasteiger partial charge is 0.313 e. The first-order valence-electron chi connectivity index (χ1n) is 7.68. The van der Waals surface area contributed by atoms with Crippen LogP contribution in [0, 0.1) is 5.92 Å². The van der Waals surface area contributed by atoms with E-state index in [4.69, 9.17) is 0 Å². The first-order chi connectivity index (χ1) is 10.6. The standard InChI is InChI=1S/C18H21NO2S/c20-22(21,18-9-5-2-6-10-18)14-17-12-16(13-19-17)11-15-7-3-1-4-8-15/h1-10,16-17,19H,11-14H2/t16-,17-/m1/s1. The Morgan fingerprint density at radius 2 is 1.59 bits per heavy atom. The van der Waals surface area contributed by atoms with Gasteiger partial charge in [0.15, 0.2) is 9.84 Å². The van der Waals surface area contributed by atoms with E-state index in [0.29, 0.717) is 10.8 Å². The van der Waals surface area contributed by atoms with Gasteiger partial charge in [-0.05, 0) is 43.0 Å². The number of benzene rings is 2. The average Bonchev–Trinajstić information content (AvgIpc) is 2.95. The Morgan fingerprint density at radius 1 is 0.955 bits per heavy atom. The molecule has 1 N–H and O–H groups in total. The molecule has 2 aromatic rings. The highest BCUT2D eigenvalue weighted by molar-refractivity contribution is 7.91. The minimum Gasteiger partial charge on any atom is -0.313 e. The normalized spacial score (nSPS) is 21.8. The van der Waals surface area contributed by atoms with Gasteiger partial charge in [-0.1, -0.05) is 48.5 Å². The first-order valence-corrected chi connectivity index (χ1v) is 9.34. The number of nitrogens with one attached hydrogen (secondary N) is 1. The molecule has 0 unspecified atom stereocenters. The molecule has 1 saturated heterocycles. The van der Waals surface area contributed by atoms with Crippen LogP contribution in [0.15, 0.2) is 65.6 Å². The summed E-state index contributed by atoms with van der Waals surface area (Å²) in [5.74, 6) is 0.695. The molecule has 0 amide bonds. The molecule has 3 nitrogen and oxygen atoms in total. The first kappa shape index (κ1) is 15.3. The Morgan fingerprint density at radius 3 is 2.27 bits per heavy atom. The summed E-state index contributed by atoms with van der Waals surface area (Å²) >= 11 is 0. The fourth-order valence-corrected chi connectivity index (χ4v) is 4.67. The highest BCUT2D eigenvalue weighted by Crippen LogP contribution is 2.22. The summed E-state index contributed by atoms with van der Waals surface area (Å²) in [6, 6.07) is 19.2. The molecule has 3 rings (SSSR count). The van der Waals surface area contributed by atoms with Crippen molar-refractivity contribution in [2.45, 2.75) is 23.8 Å². The minimum atomic E-state index is -3.20. The van der Waals surface area contributed by atoms with Gasteiger partial charge in [0, 0.05) is 6.04 Å². The molecule has 22 heavy (non-hydrogen) atoms. The predicted molar refractivity (Wildman–Crippen MR) is 88.5 cm³/mol. The van der Waals surface area contributed by atoms with Crippen LogP contribution in [0.1, 0.15) is 12.0 Å². The fraction of sp³-hybridized carbons (Fsp3) is 0.333. The molecule has 0 spiro atoms. The Hall–Kier alpha value is -1.65. The van der Waals surface area contributed by atoms with Crippen molar-refractivity contribution < 1.29 is 8.42 Å². The topological polar surface area (TPSA) is 46.2 Å². The molecule has 0 aliphatic carbocycles. The van der Waals surface area contributed by atoms with Gasteiger partial charge in [-0.2, -0.15) is 0 Å². The van der Waals surface area contributed by atoms with Gasteiger partial charge in [-0.15, -0.1) is 0 Å². The zero-order valence-electron chi connectivity index (χ0n) is 12.5. The van der Waals surface area contributed by atoms with Gasteiger partial charge in [-0.3, -0.25) is 0 Å². The number of sulfone groups is 1. The molecule has 2 atom stereocenters. The van der Waals surface area contributed by atoms with Crippen LogP contribution in [0.2, 0.25) is 0 Å². The predicted octanol–water partition coefficient (Wildman–Crippen LogP) is 2.68. The highest BCUT2D eigenvalue weighted by atomic mass is 32.2. The van der Waals surface area contributed by atoms with E-state index >= 15 is 0 Å². The van der Waals surface area contributed by atoms with Crippen molar-refractivity contribution in [2.75, 3.05) is 12.3 Å². The smallest absolute Gasteiger partial charge is 0.179 e. The second kappa shape index (κ2) is 6.63.